The number of nitrogen functional groups attached to an aromatic ring is 1. The lowest BCUT2D eigenvalue weighted by Crippen LogP contribution is -2.24. The van der Waals surface area contributed by atoms with Crippen molar-refractivity contribution in [2.75, 3.05) is 12.3 Å². The largest absolute Gasteiger partial charge is 0.398 e. The number of carbonyl (C=O) groups excluding carboxylic acids is 1. The molecule has 0 radical (unpaired) electrons. The van der Waals surface area contributed by atoms with E-state index in [9.17, 15) is 4.79 Å². The van der Waals surface area contributed by atoms with Crippen molar-refractivity contribution in [3.63, 3.8) is 0 Å². The average molecular weight is 192 g/mol. The van der Waals surface area contributed by atoms with Crippen molar-refractivity contribution in [2.24, 2.45) is 0 Å². The third-order valence-electron chi connectivity index (χ3n) is 2.11. The smallest absolute Gasteiger partial charge is 0.253 e. The Morgan fingerprint density at radius 3 is 2.64 bits per heavy atom. The van der Waals surface area contributed by atoms with E-state index in [4.69, 9.17) is 5.73 Å². The summed E-state index contributed by atoms with van der Waals surface area (Å²) in [6, 6.07) is 3.78. The summed E-state index contributed by atoms with van der Waals surface area (Å²) < 4.78 is 0. The predicted octanol–water partition coefficient (Wildman–Crippen LogP) is 1.64. The molecule has 3 N–H and O–H groups in total. The lowest BCUT2D eigenvalue weighted by molar-refractivity contribution is 0.0956. The molecule has 0 fully saturated rings. The first-order chi connectivity index (χ1) is 6.56. The first-order valence-corrected chi connectivity index (χ1v) is 4.71. The van der Waals surface area contributed by atoms with Crippen LogP contribution in [0.5, 0.6) is 0 Å². The Morgan fingerprint density at radius 2 is 2.07 bits per heavy atom. The van der Waals surface area contributed by atoms with Crippen molar-refractivity contribution in [3.8, 4) is 0 Å². The molecule has 1 aromatic carbocycles. The molecule has 0 heterocycles. The number of aryl methyl sites for hydroxylation is 2. The molecular formula is C11H16N2O. The van der Waals surface area contributed by atoms with Gasteiger partial charge in [0.05, 0.1) is 5.56 Å². The highest BCUT2D eigenvalue weighted by molar-refractivity contribution is 5.99. The van der Waals surface area contributed by atoms with E-state index >= 15 is 0 Å². The molecule has 0 spiro atoms. The van der Waals surface area contributed by atoms with E-state index in [1.807, 2.05) is 32.9 Å². The zero-order chi connectivity index (χ0) is 10.7. The highest BCUT2D eigenvalue weighted by atomic mass is 16.1. The summed E-state index contributed by atoms with van der Waals surface area (Å²) in [6.45, 7) is 6.36. The minimum atomic E-state index is -0.100. The molecule has 0 saturated carbocycles. The number of benzene rings is 1. The van der Waals surface area contributed by atoms with Crippen LogP contribution in [0.25, 0.3) is 0 Å². The Hall–Kier alpha value is -1.51. The molecule has 14 heavy (non-hydrogen) atoms. The van der Waals surface area contributed by atoms with Gasteiger partial charge in [-0.2, -0.15) is 0 Å². The van der Waals surface area contributed by atoms with E-state index in [1.54, 1.807) is 0 Å². The Morgan fingerprint density at radius 1 is 1.43 bits per heavy atom. The lowest BCUT2D eigenvalue weighted by Gasteiger charge is -2.09. The zero-order valence-electron chi connectivity index (χ0n) is 8.85. The molecule has 1 rings (SSSR count). The normalized spacial score (nSPS) is 9.93. The standard InChI is InChI=1S/C11H16N2O/c1-4-13-11(14)9-6-7(2)5-8(3)10(9)12/h5-6H,4,12H2,1-3H3,(H,13,14). The van der Waals surface area contributed by atoms with E-state index < -0.39 is 0 Å². The summed E-state index contributed by atoms with van der Waals surface area (Å²) in [6.07, 6.45) is 0. The number of anilines is 1. The lowest BCUT2D eigenvalue weighted by atomic mass is 10.0. The molecule has 0 aliphatic heterocycles. The van der Waals surface area contributed by atoms with Gasteiger partial charge in [0, 0.05) is 12.2 Å². The molecule has 0 aliphatic carbocycles. The first kappa shape index (κ1) is 10.6. The Balaban J connectivity index is 3.13. The molecule has 0 aliphatic rings. The van der Waals surface area contributed by atoms with Crippen LogP contribution in [0.1, 0.15) is 28.4 Å². The van der Waals surface area contributed by atoms with Gasteiger partial charge in [-0.1, -0.05) is 6.07 Å². The van der Waals surface area contributed by atoms with Gasteiger partial charge >= 0.3 is 0 Å². The quantitative estimate of drug-likeness (QED) is 0.700. The maximum absolute atomic E-state index is 11.6. The van der Waals surface area contributed by atoms with Crippen LogP contribution in [0.4, 0.5) is 5.69 Å². The number of carbonyl (C=O) groups is 1. The molecule has 0 aromatic heterocycles. The maximum atomic E-state index is 11.6. The fraction of sp³-hybridized carbons (Fsp3) is 0.364. The van der Waals surface area contributed by atoms with E-state index in [2.05, 4.69) is 5.32 Å². The molecule has 1 amide bonds. The second kappa shape index (κ2) is 4.13. The number of amides is 1. The van der Waals surface area contributed by atoms with E-state index in [-0.39, 0.29) is 5.91 Å². The fourth-order valence-electron chi connectivity index (χ4n) is 1.42. The fourth-order valence-corrected chi connectivity index (χ4v) is 1.42. The number of hydrogen-bond acceptors (Lipinski definition) is 2. The molecule has 0 unspecified atom stereocenters. The highest BCUT2D eigenvalue weighted by Crippen LogP contribution is 2.18. The van der Waals surface area contributed by atoms with Crippen molar-refractivity contribution in [1.29, 1.82) is 0 Å². The van der Waals surface area contributed by atoms with Crippen LogP contribution < -0.4 is 11.1 Å². The number of hydrogen-bond donors (Lipinski definition) is 2. The topological polar surface area (TPSA) is 55.1 Å². The molecule has 3 heteroatoms. The Bertz CT molecular complexity index is 359. The molecule has 76 valence electrons. The van der Waals surface area contributed by atoms with Gasteiger partial charge in [0.15, 0.2) is 0 Å². The van der Waals surface area contributed by atoms with E-state index in [1.165, 1.54) is 0 Å². The molecule has 0 saturated heterocycles. The summed E-state index contributed by atoms with van der Waals surface area (Å²) in [5, 5.41) is 2.74. The minimum Gasteiger partial charge on any atom is -0.398 e. The number of nitrogens with two attached hydrogens (primary N) is 1. The van der Waals surface area contributed by atoms with Gasteiger partial charge in [0.2, 0.25) is 0 Å². The van der Waals surface area contributed by atoms with Crippen LogP contribution in [0.2, 0.25) is 0 Å². The van der Waals surface area contributed by atoms with Gasteiger partial charge < -0.3 is 11.1 Å². The van der Waals surface area contributed by atoms with E-state index in [0.717, 1.165) is 11.1 Å². The van der Waals surface area contributed by atoms with Gasteiger partial charge in [-0.05, 0) is 38.0 Å². The average Bonchev–Trinajstić information content (AvgIpc) is 2.11. The van der Waals surface area contributed by atoms with Crippen LogP contribution in [-0.2, 0) is 0 Å². The van der Waals surface area contributed by atoms with Crippen molar-refractivity contribution in [2.45, 2.75) is 20.8 Å². The molecule has 0 bridgehead atoms. The van der Waals surface area contributed by atoms with Crippen molar-refractivity contribution in [1.82, 2.24) is 5.32 Å². The summed E-state index contributed by atoms with van der Waals surface area (Å²) in [7, 11) is 0. The molecule has 1 aromatic rings. The van der Waals surface area contributed by atoms with Crippen LogP contribution >= 0.6 is 0 Å². The van der Waals surface area contributed by atoms with Crippen LogP contribution in [0, 0.1) is 13.8 Å². The van der Waals surface area contributed by atoms with Crippen LogP contribution in [-0.4, -0.2) is 12.5 Å². The van der Waals surface area contributed by atoms with Crippen LogP contribution in [0.3, 0.4) is 0 Å². The monoisotopic (exact) mass is 192 g/mol. The van der Waals surface area contributed by atoms with Gasteiger partial charge in [-0.25, -0.2) is 0 Å². The van der Waals surface area contributed by atoms with Crippen molar-refractivity contribution >= 4 is 11.6 Å². The number of rotatable bonds is 2. The van der Waals surface area contributed by atoms with Gasteiger partial charge in [0.25, 0.3) is 5.91 Å². The SMILES string of the molecule is CCNC(=O)c1cc(C)cc(C)c1N. The first-order valence-electron chi connectivity index (χ1n) is 4.71. The number of nitrogens with one attached hydrogen (secondary N) is 1. The zero-order valence-corrected chi connectivity index (χ0v) is 8.85. The van der Waals surface area contributed by atoms with Gasteiger partial charge in [0.1, 0.15) is 0 Å². The maximum Gasteiger partial charge on any atom is 0.253 e. The van der Waals surface area contributed by atoms with Gasteiger partial charge in [-0.3, -0.25) is 4.79 Å². The third kappa shape index (κ3) is 2.05. The second-order valence-corrected chi connectivity index (χ2v) is 3.40. The van der Waals surface area contributed by atoms with Crippen LogP contribution in [0.15, 0.2) is 12.1 Å². The molecular weight excluding hydrogens is 176 g/mol. The molecule has 0 atom stereocenters. The van der Waals surface area contributed by atoms with Crippen molar-refractivity contribution < 1.29 is 4.79 Å². The summed E-state index contributed by atoms with van der Waals surface area (Å²) in [5.41, 5.74) is 8.97. The summed E-state index contributed by atoms with van der Waals surface area (Å²) in [5.74, 6) is -0.100. The highest BCUT2D eigenvalue weighted by Gasteiger charge is 2.10. The summed E-state index contributed by atoms with van der Waals surface area (Å²) in [4.78, 5) is 11.6. The molecule has 3 nitrogen and oxygen atoms in total. The third-order valence-corrected chi connectivity index (χ3v) is 2.11. The second-order valence-electron chi connectivity index (χ2n) is 3.40. The van der Waals surface area contributed by atoms with Gasteiger partial charge in [-0.15, -0.1) is 0 Å². The predicted molar refractivity (Wildman–Crippen MR) is 58.3 cm³/mol. The Labute approximate surface area is 84.3 Å². The van der Waals surface area contributed by atoms with Crippen molar-refractivity contribution in [3.05, 3.63) is 28.8 Å². The summed E-state index contributed by atoms with van der Waals surface area (Å²) >= 11 is 0. The van der Waals surface area contributed by atoms with E-state index in [0.29, 0.717) is 17.8 Å². The Kier molecular flexibility index (Phi) is 3.12. The minimum absolute atomic E-state index is 0.100.